The SMILES string of the molecule is CC(C)(C)OC(=O)N1CCc2sc(Br)nc2C1.CC1(C)OB(B2OC(C)(C)C(C)(C)O2)OC1(C)C.Cc1cccc(-c2[nH]cnc2-c2ccc3ncc(-c4nc5c(s4)CCCC5)cc3c2)n1.Cc1cccc(-c2c(-c3ccc4ncc(B(O)O)cc4c3)ncn2COCC[Si](C)(C)C)n1.Cc1cccc(-c2ncn(COCC[Si](C)(C)C)c2-c2ccc3ncc(B(O)O)cc3c2)n1. The summed E-state index contributed by atoms with van der Waals surface area (Å²) in [5, 5.41) is 42.0. The molecule has 27 nitrogen and oxygen atoms in total. The number of H-pyrrole nitrogens is 1. The number of hydrogen-bond donors (Lipinski definition) is 5. The number of pyridine rings is 6. The summed E-state index contributed by atoms with van der Waals surface area (Å²) in [6.45, 7) is 45.3. The Labute approximate surface area is 792 Å². The van der Waals surface area contributed by atoms with Gasteiger partial charge in [0.2, 0.25) is 0 Å². The Morgan fingerprint density at radius 3 is 1.51 bits per heavy atom. The molecule has 688 valence electrons. The van der Waals surface area contributed by atoms with Crippen molar-refractivity contribution in [1.29, 1.82) is 0 Å². The fraction of sp³-hybridized carbons (Fsp3) is 0.396. The average molecular weight is 1920 g/mol. The fourth-order valence-electron chi connectivity index (χ4n) is 15.1. The van der Waals surface area contributed by atoms with Gasteiger partial charge < -0.3 is 71.9 Å². The third-order valence-corrected chi connectivity index (χ3v) is 30.1. The van der Waals surface area contributed by atoms with Gasteiger partial charge in [0.05, 0.1) is 121 Å². The van der Waals surface area contributed by atoms with Gasteiger partial charge >= 0.3 is 34.3 Å². The number of hydrogen-bond acceptors (Lipinski definition) is 25. The maximum Gasteiger partial charge on any atom is 0.490 e. The molecule has 5 N–H and O–H groups in total. The molecule has 3 aromatic carbocycles. The summed E-state index contributed by atoms with van der Waals surface area (Å²) in [7, 11) is -6.43. The molecule has 0 saturated carbocycles. The number of nitrogens with one attached hydrogen (secondary N) is 1. The minimum Gasteiger partial charge on any atom is -0.444 e. The molecule has 1 amide bonds. The molecule has 2 saturated heterocycles. The van der Waals surface area contributed by atoms with Crippen LogP contribution in [-0.4, -0.2) is 192 Å². The highest BCUT2D eigenvalue weighted by molar-refractivity contribution is 9.11. The molecule has 18 rings (SSSR count). The number of amides is 1. The topological polar surface area (TPSA) is 333 Å². The van der Waals surface area contributed by atoms with E-state index in [0.29, 0.717) is 44.1 Å². The van der Waals surface area contributed by atoms with Crippen LogP contribution in [0.5, 0.6) is 0 Å². The van der Waals surface area contributed by atoms with Gasteiger partial charge in [-0.2, -0.15) is 0 Å². The molecular formula is C96H118B4BrN15O12S2Si2. The van der Waals surface area contributed by atoms with Gasteiger partial charge in [0.1, 0.15) is 29.8 Å². The largest absolute Gasteiger partial charge is 0.490 e. The standard InChI is InChI=1S/C25H21N5S.2C24H29BN4O3Si.C12H24B2O4.C11H15BrN2O2S/c1-15-5-4-7-21(29-15)24-23(27-14-28-24)16-9-10-19-17(11-16)12-18(13-26-19)25-30-20-6-2-3-8-22(20)31-25;1-17-6-5-7-22(28-17)23-24(29(15-27-23)16-32-10-11-33(2,3)4)18-8-9-21-19(12-18)13-20(14-26-21)25(30)31;1-17-6-5-7-22(28-17)24-23(27-15-29(24)16-32-10-11-33(2,3)4)18-8-9-21-19(12-18)13-20(14-26-21)25(30)31;1-9(2)10(3,4)16-13(15-9)14-17-11(5,6)12(7,8)18-14;1-11(2,3)16-10(15)14-5-4-8-7(6-14)13-9(12)17-8/h4-5,7,9-14H,2-3,6,8H2,1H3,(H,27,28);2*5-9,12-15,30-31H,10-11,16H2,1-4H3;1-8H3;4-6H2,1-3H3. The molecule has 14 aromatic rings. The lowest BCUT2D eigenvalue weighted by atomic mass is 9.49. The van der Waals surface area contributed by atoms with E-state index in [1.54, 1.807) is 47.4 Å². The van der Waals surface area contributed by atoms with Crippen LogP contribution in [0.2, 0.25) is 51.4 Å². The van der Waals surface area contributed by atoms with Crippen molar-refractivity contribution in [2.45, 2.75) is 228 Å². The molecular weight excluding hydrogens is 1800 g/mol. The molecule has 0 bridgehead atoms. The van der Waals surface area contributed by atoms with Gasteiger partial charge in [-0.05, 0) is 229 Å². The number of imidazole rings is 3. The summed E-state index contributed by atoms with van der Waals surface area (Å²) in [4.78, 5) is 70.3. The Morgan fingerprint density at radius 1 is 0.515 bits per heavy atom. The van der Waals surface area contributed by atoms with Crippen molar-refractivity contribution in [2.75, 3.05) is 19.8 Å². The molecule has 0 atom stereocenters. The van der Waals surface area contributed by atoms with E-state index in [2.05, 4.69) is 114 Å². The second kappa shape index (κ2) is 40.8. The first-order valence-corrected chi connectivity index (χ1v) is 54.6. The van der Waals surface area contributed by atoms with Gasteiger partial charge in [0.15, 0.2) is 3.92 Å². The van der Waals surface area contributed by atoms with Gasteiger partial charge in [-0.25, -0.2) is 29.7 Å². The highest BCUT2D eigenvalue weighted by atomic mass is 79.9. The van der Waals surface area contributed by atoms with Crippen molar-refractivity contribution in [1.82, 2.24) is 73.8 Å². The van der Waals surface area contributed by atoms with Crippen LogP contribution in [-0.2, 0) is 72.1 Å². The smallest absolute Gasteiger partial charge is 0.444 e. The molecule has 0 radical (unpaired) electrons. The van der Waals surface area contributed by atoms with Gasteiger partial charge in [-0.15, -0.1) is 22.7 Å². The fourth-order valence-corrected chi connectivity index (χ4v) is 19.4. The van der Waals surface area contributed by atoms with Crippen molar-refractivity contribution >= 4 is 133 Å². The molecule has 0 spiro atoms. The van der Waals surface area contributed by atoms with Gasteiger partial charge in [-0.3, -0.25) is 29.9 Å². The van der Waals surface area contributed by atoms with Crippen molar-refractivity contribution in [3.8, 4) is 78.5 Å². The maximum absolute atomic E-state index is 11.9. The quantitative estimate of drug-likeness (QED) is 0.0349. The molecule has 132 heavy (non-hydrogen) atoms. The van der Waals surface area contributed by atoms with Crippen molar-refractivity contribution in [2.24, 2.45) is 0 Å². The van der Waals surface area contributed by atoms with E-state index in [0.717, 1.165) is 176 Å². The third kappa shape index (κ3) is 24.3. The molecule has 3 aliphatic heterocycles. The number of thiazole rings is 2. The van der Waals surface area contributed by atoms with Crippen molar-refractivity contribution in [3.63, 3.8) is 0 Å². The molecule has 36 heteroatoms. The summed E-state index contributed by atoms with van der Waals surface area (Å²) < 4.78 is 46.1. The van der Waals surface area contributed by atoms with Crippen LogP contribution in [0.3, 0.4) is 0 Å². The minimum absolute atomic E-state index is 0.257. The summed E-state index contributed by atoms with van der Waals surface area (Å²) in [6, 6.07) is 43.8. The van der Waals surface area contributed by atoms with Crippen LogP contribution in [0.25, 0.3) is 111 Å². The van der Waals surface area contributed by atoms with Crippen LogP contribution < -0.4 is 10.9 Å². The first kappa shape index (κ1) is 98.3. The van der Waals surface area contributed by atoms with E-state index >= 15 is 0 Å². The molecule has 11 aromatic heterocycles. The van der Waals surface area contributed by atoms with E-state index in [9.17, 15) is 24.9 Å². The summed E-state index contributed by atoms with van der Waals surface area (Å²) in [5.74, 6) is 0. The van der Waals surface area contributed by atoms with Gasteiger partial charge in [0.25, 0.3) is 0 Å². The van der Waals surface area contributed by atoms with E-state index in [1.165, 1.54) is 40.7 Å². The molecule has 2 fully saturated rings. The number of halogens is 1. The Morgan fingerprint density at radius 2 is 0.977 bits per heavy atom. The van der Waals surface area contributed by atoms with Crippen molar-refractivity contribution < 1.29 is 57.7 Å². The number of nitrogens with zero attached hydrogens (tertiary/aromatic N) is 14. The number of carbonyl (C=O) groups excluding carboxylic acids is 1. The maximum atomic E-state index is 11.9. The Hall–Kier alpha value is -9.73. The summed E-state index contributed by atoms with van der Waals surface area (Å²) >= 11 is 6.84. The first-order chi connectivity index (χ1) is 62.4. The van der Waals surface area contributed by atoms with E-state index < -0.39 is 50.0 Å². The Kier molecular flexibility index (Phi) is 30.4. The minimum atomic E-state index is -1.57. The zero-order valence-electron chi connectivity index (χ0n) is 79.1. The normalized spacial score (nSPS) is 15.4. The monoisotopic (exact) mass is 1920 g/mol. The van der Waals surface area contributed by atoms with Crippen LogP contribution in [0.15, 0.2) is 169 Å². The van der Waals surface area contributed by atoms with Crippen molar-refractivity contribution in [3.05, 3.63) is 207 Å². The van der Waals surface area contributed by atoms with Crippen LogP contribution >= 0.6 is 38.6 Å². The van der Waals surface area contributed by atoms with E-state index in [-0.39, 0.29) is 28.5 Å². The number of ether oxygens (including phenoxy) is 3. The number of aromatic amines is 1. The number of carbonyl (C=O) groups is 1. The number of aromatic nitrogens is 14. The summed E-state index contributed by atoms with van der Waals surface area (Å²) in [6.07, 6.45) is 15.6. The predicted octanol–water partition coefficient (Wildman–Crippen LogP) is 18.4. The zero-order valence-corrected chi connectivity index (χ0v) is 84.3. The third-order valence-electron chi connectivity index (χ3n) is 23.9. The average Bonchev–Trinajstić information content (AvgIpc) is 1.60. The lowest BCUT2D eigenvalue weighted by molar-refractivity contribution is 0.00578. The summed E-state index contributed by atoms with van der Waals surface area (Å²) in [5.41, 5.74) is 18.1. The van der Waals surface area contributed by atoms with Crippen LogP contribution in [0.4, 0.5) is 4.79 Å². The van der Waals surface area contributed by atoms with Gasteiger partial charge in [-0.1, -0.05) is 87.8 Å². The second-order valence-corrected chi connectivity index (χ2v) is 53.9. The lowest BCUT2D eigenvalue weighted by Gasteiger charge is -2.32. The van der Waals surface area contributed by atoms with Gasteiger partial charge in [0, 0.05) is 137 Å². The number of fused-ring (bicyclic) bond motifs is 5. The second-order valence-electron chi connectivity index (χ2n) is 39.2. The number of aryl methyl sites for hydroxylation is 5. The number of benzene rings is 3. The number of rotatable bonds is 20. The predicted molar refractivity (Wildman–Crippen MR) is 537 cm³/mol. The molecule has 4 aliphatic rings. The van der Waals surface area contributed by atoms with E-state index in [1.807, 2.05) is 215 Å². The first-order valence-electron chi connectivity index (χ1n) is 44.8. The Bertz CT molecular complexity index is 6340. The molecule has 14 heterocycles. The Balaban J connectivity index is 0.000000136. The highest BCUT2D eigenvalue weighted by Gasteiger charge is 2.64. The lowest BCUT2D eigenvalue weighted by Crippen LogP contribution is -2.41. The highest BCUT2D eigenvalue weighted by Crippen LogP contribution is 2.45. The van der Waals surface area contributed by atoms with Crippen LogP contribution in [0.1, 0.15) is 127 Å². The molecule has 0 unspecified atom stereocenters. The molecule has 1 aliphatic carbocycles. The zero-order chi connectivity index (χ0) is 94.6. The van der Waals surface area contributed by atoms with E-state index in [4.69, 9.17) is 57.7 Å². The van der Waals surface area contributed by atoms with Crippen LogP contribution in [0, 0.1) is 20.8 Å².